The fraction of sp³-hybridized carbons (Fsp3) is 0.600. The van der Waals surface area contributed by atoms with Crippen LogP contribution in [0.4, 0.5) is 0 Å². The number of aliphatic hydroxyl groups is 1. The van der Waals surface area contributed by atoms with E-state index in [9.17, 15) is 23.1 Å². The van der Waals surface area contributed by atoms with Crippen LogP contribution in [-0.4, -0.2) is 73.4 Å². The third-order valence-electron chi connectivity index (χ3n) is 5.41. The predicted molar refractivity (Wildman–Crippen MR) is 109 cm³/mol. The maximum Gasteiger partial charge on any atom is 0.243 e. The minimum atomic E-state index is -3.56. The molecule has 0 saturated carbocycles. The molecule has 0 spiro atoms. The molecule has 1 saturated heterocycles. The molecule has 2 atom stereocenters. The van der Waals surface area contributed by atoms with Crippen LogP contribution in [-0.2, 0) is 19.6 Å². The Balaban J connectivity index is 1.81. The second-order valence-corrected chi connectivity index (χ2v) is 9.28. The van der Waals surface area contributed by atoms with Gasteiger partial charge in [0.1, 0.15) is 0 Å². The first-order valence-corrected chi connectivity index (χ1v) is 11.5. The average molecular weight is 426 g/mol. The summed E-state index contributed by atoms with van der Waals surface area (Å²) in [5.41, 5.74) is 0. The molecular weight excluding hydrogens is 394 g/mol. The van der Waals surface area contributed by atoms with Crippen LogP contribution in [0, 0.1) is 5.92 Å². The van der Waals surface area contributed by atoms with Crippen molar-refractivity contribution in [1.29, 1.82) is 0 Å². The van der Waals surface area contributed by atoms with E-state index in [0.717, 1.165) is 6.42 Å². The Bertz CT molecular complexity index is 777. The summed E-state index contributed by atoms with van der Waals surface area (Å²) >= 11 is 0. The van der Waals surface area contributed by atoms with E-state index in [1.165, 1.54) is 4.31 Å². The number of benzene rings is 1. The van der Waals surface area contributed by atoms with Crippen molar-refractivity contribution in [2.24, 2.45) is 5.92 Å². The van der Waals surface area contributed by atoms with Crippen LogP contribution >= 0.6 is 0 Å². The Morgan fingerprint density at radius 3 is 2.28 bits per heavy atom. The van der Waals surface area contributed by atoms with E-state index in [1.807, 2.05) is 13.8 Å². The normalized spacial score (nSPS) is 17.6. The molecule has 9 heteroatoms. The van der Waals surface area contributed by atoms with E-state index in [-0.39, 0.29) is 61.2 Å². The van der Waals surface area contributed by atoms with Gasteiger partial charge in [0.2, 0.25) is 21.8 Å². The SMILES string of the molecule is CCC(C)C(CO)NC(=O)CCC(=O)N1CCN(S(=O)(=O)c2ccccc2)CC1. The monoisotopic (exact) mass is 425 g/mol. The van der Waals surface area contributed by atoms with Crippen molar-refractivity contribution < 1.29 is 23.1 Å². The Kier molecular flexibility index (Phi) is 8.60. The number of hydrogen-bond acceptors (Lipinski definition) is 5. The van der Waals surface area contributed by atoms with Gasteiger partial charge in [0.05, 0.1) is 17.5 Å². The highest BCUT2D eigenvalue weighted by molar-refractivity contribution is 7.89. The summed E-state index contributed by atoms with van der Waals surface area (Å²) in [6.07, 6.45) is 0.949. The number of amides is 2. The predicted octanol–water partition coefficient (Wildman–Crippen LogP) is 0.823. The lowest BCUT2D eigenvalue weighted by Gasteiger charge is -2.34. The molecule has 0 radical (unpaired) electrons. The molecule has 1 heterocycles. The smallest absolute Gasteiger partial charge is 0.243 e. The number of nitrogens with zero attached hydrogens (tertiary/aromatic N) is 2. The van der Waals surface area contributed by atoms with Crippen LogP contribution in [0.25, 0.3) is 0 Å². The summed E-state index contributed by atoms with van der Waals surface area (Å²) in [5.74, 6) is -0.275. The van der Waals surface area contributed by atoms with Crippen LogP contribution in [0.15, 0.2) is 35.2 Å². The first-order valence-electron chi connectivity index (χ1n) is 10.0. The Labute approximate surface area is 172 Å². The van der Waals surface area contributed by atoms with Gasteiger partial charge in [-0.25, -0.2) is 8.42 Å². The Hall–Kier alpha value is -1.97. The molecule has 8 nitrogen and oxygen atoms in total. The second-order valence-electron chi connectivity index (χ2n) is 7.34. The van der Waals surface area contributed by atoms with Crippen LogP contribution in [0.2, 0.25) is 0 Å². The van der Waals surface area contributed by atoms with Gasteiger partial charge in [-0.3, -0.25) is 9.59 Å². The highest BCUT2D eigenvalue weighted by Crippen LogP contribution is 2.17. The molecular formula is C20H31N3O5S. The van der Waals surface area contributed by atoms with E-state index in [2.05, 4.69) is 5.32 Å². The molecule has 2 unspecified atom stereocenters. The molecule has 0 bridgehead atoms. The van der Waals surface area contributed by atoms with E-state index in [1.54, 1.807) is 35.2 Å². The molecule has 1 aromatic carbocycles. The van der Waals surface area contributed by atoms with Crippen LogP contribution in [0.3, 0.4) is 0 Å². The summed E-state index contributed by atoms with van der Waals surface area (Å²) in [5, 5.41) is 12.2. The third-order valence-corrected chi connectivity index (χ3v) is 7.33. The molecule has 1 fully saturated rings. The average Bonchev–Trinajstić information content (AvgIpc) is 2.75. The van der Waals surface area contributed by atoms with E-state index < -0.39 is 10.0 Å². The third kappa shape index (κ3) is 6.25. The van der Waals surface area contributed by atoms with Crippen molar-refractivity contribution >= 4 is 21.8 Å². The number of carbonyl (C=O) groups excluding carboxylic acids is 2. The number of piperazine rings is 1. The highest BCUT2D eigenvalue weighted by Gasteiger charge is 2.30. The minimum Gasteiger partial charge on any atom is -0.394 e. The van der Waals surface area contributed by atoms with Gasteiger partial charge in [-0.1, -0.05) is 38.5 Å². The van der Waals surface area contributed by atoms with Gasteiger partial charge in [-0.15, -0.1) is 0 Å². The quantitative estimate of drug-likeness (QED) is 0.609. The van der Waals surface area contributed by atoms with Gasteiger partial charge in [-0.2, -0.15) is 4.31 Å². The maximum absolute atomic E-state index is 12.6. The molecule has 1 aliphatic heterocycles. The van der Waals surface area contributed by atoms with E-state index in [0.29, 0.717) is 13.1 Å². The maximum atomic E-state index is 12.6. The summed E-state index contributed by atoms with van der Waals surface area (Å²) in [6.45, 7) is 4.88. The standard InChI is InChI=1S/C20H31N3O5S/c1-3-16(2)18(15-24)21-19(25)9-10-20(26)22-11-13-23(14-12-22)29(27,28)17-7-5-4-6-8-17/h4-8,16,18,24H,3,9-15H2,1-2H3,(H,21,25). The second kappa shape index (κ2) is 10.7. The lowest BCUT2D eigenvalue weighted by Crippen LogP contribution is -2.50. The number of carbonyl (C=O) groups is 2. The first kappa shape index (κ1) is 23.3. The molecule has 29 heavy (non-hydrogen) atoms. The molecule has 2 N–H and O–H groups in total. The number of rotatable bonds is 9. The molecule has 162 valence electrons. The van der Waals surface area contributed by atoms with Crippen LogP contribution in [0.1, 0.15) is 33.1 Å². The van der Waals surface area contributed by atoms with Gasteiger partial charge in [-0.05, 0) is 18.1 Å². The van der Waals surface area contributed by atoms with E-state index in [4.69, 9.17) is 0 Å². The topological polar surface area (TPSA) is 107 Å². The lowest BCUT2D eigenvalue weighted by atomic mass is 10.00. The zero-order chi connectivity index (χ0) is 21.4. The summed E-state index contributed by atoms with van der Waals surface area (Å²) < 4.78 is 26.7. The van der Waals surface area contributed by atoms with Crippen molar-refractivity contribution in [1.82, 2.24) is 14.5 Å². The number of sulfonamides is 1. The van der Waals surface area contributed by atoms with Gasteiger partial charge < -0.3 is 15.3 Å². The van der Waals surface area contributed by atoms with Crippen molar-refractivity contribution in [3.63, 3.8) is 0 Å². The highest BCUT2D eigenvalue weighted by atomic mass is 32.2. The first-order chi connectivity index (χ1) is 13.8. The zero-order valence-electron chi connectivity index (χ0n) is 17.1. The molecule has 2 rings (SSSR count). The van der Waals surface area contributed by atoms with Gasteiger partial charge in [0.15, 0.2) is 0 Å². The Morgan fingerprint density at radius 2 is 1.72 bits per heavy atom. The number of nitrogens with one attached hydrogen (secondary N) is 1. The summed E-state index contributed by atoms with van der Waals surface area (Å²) in [6, 6.07) is 7.93. The van der Waals surface area contributed by atoms with Crippen LogP contribution < -0.4 is 5.32 Å². The van der Waals surface area contributed by atoms with Gasteiger partial charge in [0.25, 0.3) is 0 Å². The van der Waals surface area contributed by atoms with Crippen LogP contribution in [0.5, 0.6) is 0 Å². The largest absolute Gasteiger partial charge is 0.394 e. The van der Waals surface area contributed by atoms with Gasteiger partial charge in [0, 0.05) is 39.0 Å². The molecule has 2 amide bonds. The summed E-state index contributed by atoms with van der Waals surface area (Å²) in [4.78, 5) is 26.3. The Morgan fingerprint density at radius 1 is 1.10 bits per heavy atom. The van der Waals surface area contributed by atoms with Gasteiger partial charge >= 0.3 is 0 Å². The summed E-state index contributed by atoms with van der Waals surface area (Å²) in [7, 11) is -3.56. The fourth-order valence-corrected chi connectivity index (χ4v) is 4.67. The molecule has 1 aliphatic rings. The van der Waals surface area contributed by atoms with Crippen molar-refractivity contribution in [3.8, 4) is 0 Å². The minimum absolute atomic E-state index is 0.0499. The molecule has 0 aromatic heterocycles. The zero-order valence-corrected chi connectivity index (χ0v) is 17.9. The number of hydrogen-bond donors (Lipinski definition) is 2. The number of aliphatic hydroxyl groups excluding tert-OH is 1. The fourth-order valence-electron chi connectivity index (χ4n) is 3.23. The van der Waals surface area contributed by atoms with Crippen molar-refractivity contribution in [2.45, 2.75) is 44.0 Å². The lowest BCUT2D eigenvalue weighted by molar-refractivity contribution is -0.134. The van der Waals surface area contributed by atoms with E-state index >= 15 is 0 Å². The molecule has 0 aliphatic carbocycles. The van der Waals surface area contributed by atoms with Crippen molar-refractivity contribution in [3.05, 3.63) is 30.3 Å². The molecule has 1 aromatic rings. The van der Waals surface area contributed by atoms with Crippen molar-refractivity contribution in [2.75, 3.05) is 32.8 Å².